The molecule has 1 aliphatic heterocycles. The number of carbonyl (C=O) groups is 1. The van der Waals surface area contributed by atoms with Gasteiger partial charge in [-0.05, 0) is 25.3 Å². The second-order valence-corrected chi connectivity index (χ2v) is 6.39. The molecular formula is C15H19N5O3. The van der Waals surface area contributed by atoms with Crippen LogP contribution in [0.1, 0.15) is 36.8 Å². The van der Waals surface area contributed by atoms with Crippen molar-refractivity contribution in [2.75, 3.05) is 13.2 Å². The highest BCUT2D eigenvalue weighted by molar-refractivity contribution is 5.66. The molecule has 1 atom stereocenters. The number of carboxylic acid groups (broad SMARTS) is 1. The number of rotatable bonds is 6. The normalized spacial score (nSPS) is 22.3. The molecule has 2 aromatic heterocycles. The molecule has 2 fully saturated rings. The predicted molar refractivity (Wildman–Crippen MR) is 79.0 cm³/mol. The molecule has 8 nitrogen and oxygen atoms in total. The van der Waals surface area contributed by atoms with Crippen LogP contribution in [0.3, 0.4) is 0 Å². The van der Waals surface area contributed by atoms with Gasteiger partial charge in [0.2, 0.25) is 0 Å². The van der Waals surface area contributed by atoms with Crippen molar-refractivity contribution in [1.82, 2.24) is 24.5 Å². The number of carboxylic acids is 1. The summed E-state index contributed by atoms with van der Waals surface area (Å²) in [5.74, 6) is 0.757. The van der Waals surface area contributed by atoms with Crippen molar-refractivity contribution in [3.8, 4) is 0 Å². The number of nitrogens with zero attached hydrogens (tertiary/aromatic N) is 5. The maximum atomic E-state index is 11.2. The Hall–Kier alpha value is -2.22. The molecular weight excluding hydrogens is 298 g/mol. The summed E-state index contributed by atoms with van der Waals surface area (Å²) in [6.07, 6.45) is 6.52. The van der Waals surface area contributed by atoms with Crippen molar-refractivity contribution >= 4 is 5.97 Å². The molecule has 1 aliphatic carbocycles. The van der Waals surface area contributed by atoms with E-state index in [0.29, 0.717) is 25.6 Å². The minimum absolute atomic E-state index is 0.147. The lowest BCUT2D eigenvalue weighted by Gasteiger charge is -2.15. The van der Waals surface area contributed by atoms with Gasteiger partial charge in [-0.2, -0.15) is 10.2 Å². The smallest absolute Gasteiger partial charge is 0.325 e. The van der Waals surface area contributed by atoms with E-state index in [1.54, 1.807) is 10.9 Å². The largest absolute Gasteiger partial charge is 0.480 e. The third-order valence-electron chi connectivity index (χ3n) is 4.62. The third-order valence-corrected chi connectivity index (χ3v) is 4.62. The zero-order valence-electron chi connectivity index (χ0n) is 12.8. The first-order valence-electron chi connectivity index (χ1n) is 7.88. The van der Waals surface area contributed by atoms with Gasteiger partial charge in [0, 0.05) is 30.3 Å². The molecule has 4 rings (SSSR count). The number of ether oxygens (including phenoxy) is 1. The van der Waals surface area contributed by atoms with Crippen molar-refractivity contribution < 1.29 is 14.6 Å². The molecule has 3 heterocycles. The van der Waals surface area contributed by atoms with Crippen molar-refractivity contribution in [3.63, 3.8) is 0 Å². The van der Waals surface area contributed by atoms with Crippen LogP contribution in [0.25, 0.3) is 0 Å². The Morgan fingerprint density at radius 3 is 2.96 bits per heavy atom. The summed E-state index contributed by atoms with van der Waals surface area (Å²) in [7, 11) is 0. The molecule has 2 aliphatic rings. The minimum Gasteiger partial charge on any atom is -0.480 e. The highest BCUT2D eigenvalue weighted by atomic mass is 16.5. The molecule has 2 aromatic rings. The zero-order chi connectivity index (χ0) is 15.9. The highest BCUT2D eigenvalue weighted by Gasteiger charge is 2.49. The fourth-order valence-corrected chi connectivity index (χ4v) is 3.21. The molecule has 0 bridgehead atoms. The van der Waals surface area contributed by atoms with E-state index in [9.17, 15) is 9.90 Å². The van der Waals surface area contributed by atoms with Gasteiger partial charge in [-0.1, -0.05) is 0 Å². The van der Waals surface area contributed by atoms with Crippen molar-refractivity contribution in [1.29, 1.82) is 0 Å². The van der Waals surface area contributed by atoms with Crippen LogP contribution >= 0.6 is 0 Å². The quantitative estimate of drug-likeness (QED) is 0.846. The van der Waals surface area contributed by atoms with Gasteiger partial charge in [0.25, 0.3) is 0 Å². The standard InChI is InChI=1S/C15H19N5O3/c21-12(22)8-20-14(17-13(18-20)11-2-7-23-9-11)15(3-4-15)10-19-6-1-5-16-19/h1,5-6,11H,2-4,7-10H2,(H,21,22)/t11-/m0/s1. The van der Waals surface area contributed by atoms with Crippen LogP contribution in [-0.2, 0) is 28.0 Å². The molecule has 8 heteroatoms. The van der Waals surface area contributed by atoms with E-state index >= 15 is 0 Å². The molecule has 0 aromatic carbocycles. The van der Waals surface area contributed by atoms with Crippen LogP contribution in [0, 0.1) is 0 Å². The lowest BCUT2D eigenvalue weighted by Crippen LogP contribution is -2.24. The number of aromatic nitrogens is 5. The van der Waals surface area contributed by atoms with Crippen LogP contribution in [-0.4, -0.2) is 48.8 Å². The van der Waals surface area contributed by atoms with Crippen molar-refractivity contribution in [3.05, 3.63) is 30.1 Å². The Labute approximate surface area is 133 Å². The third kappa shape index (κ3) is 2.74. The molecule has 0 unspecified atom stereocenters. The van der Waals surface area contributed by atoms with Crippen LogP contribution in [0.5, 0.6) is 0 Å². The van der Waals surface area contributed by atoms with Crippen LogP contribution in [0.15, 0.2) is 18.5 Å². The summed E-state index contributed by atoms with van der Waals surface area (Å²) < 4.78 is 8.85. The molecule has 0 spiro atoms. The van der Waals surface area contributed by atoms with Crippen molar-refractivity contribution in [2.45, 2.75) is 43.7 Å². The van der Waals surface area contributed by atoms with Gasteiger partial charge in [0.15, 0.2) is 5.82 Å². The maximum Gasteiger partial charge on any atom is 0.325 e. The molecule has 0 amide bonds. The molecule has 0 radical (unpaired) electrons. The summed E-state index contributed by atoms with van der Waals surface area (Å²) in [5, 5.41) is 17.9. The maximum absolute atomic E-state index is 11.2. The highest BCUT2D eigenvalue weighted by Crippen LogP contribution is 2.49. The summed E-state index contributed by atoms with van der Waals surface area (Å²) in [6, 6.07) is 1.89. The Morgan fingerprint density at radius 2 is 2.35 bits per heavy atom. The molecule has 1 saturated carbocycles. The van der Waals surface area contributed by atoms with E-state index in [2.05, 4.69) is 10.2 Å². The number of hydrogen-bond acceptors (Lipinski definition) is 5. The summed E-state index contributed by atoms with van der Waals surface area (Å²) in [6.45, 7) is 1.88. The number of hydrogen-bond donors (Lipinski definition) is 1. The lowest BCUT2D eigenvalue weighted by molar-refractivity contribution is -0.138. The van der Waals surface area contributed by atoms with E-state index < -0.39 is 5.97 Å². The summed E-state index contributed by atoms with van der Waals surface area (Å²) in [5.41, 5.74) is -0.147. The predicted octanol–water partition coefficient (Wildman–Crippen LogP) is 0.795. The Bertz CT molecular complexity index is 699. The van der Waals surface area contributed by atoms with Gasteiger partial charge in [-0.3, -0.25) is 9.48 Å². The van der Waals surface area contributed by atoms with Crippen LogP contribution < -0.4 is 0 Å². The summed E-state index contributed by atoms with van der Waals surface area (Å²) in [4.78, 5) is 15.9. The first-order chi connectivity index (χ1) is 11.2. The second-order valence-electron chi connectivity index (χ2n) is 6.39. The van der Waals surface area contributed by atoms with Gasteiger partial charge in [0.05, 0.1) is 13.2 Å². The molecule has 1 N–H and O–H groups in total. The Morgan fingerprint density at radius 1 is 1.48 bits per heavy atom. The molecule has 23 heavy (non-hydrogen) atoms. The van der Waals surface area contributed by atoms with Gasteiger partial charge < -0.3 is 9.84 Å². The average Bonchev–Trinajstić information content (AvgIpc) is 2.98. The average molecular weight is 317 g/mol. The van der Waals surface area contributed by atoms with E-state index in [4.69, 9.17) is 9.72 Å². The van der Waals surface area contributed by atoms with E-state index in [0.717, 1.165) is 25.1 Å². The fourth-order valence-electron chi connectivity index (χ4n) is 3.21. The van der Waals surface area contributed by atoms with Gasteiger partial charge in [0.1, 0.15) is 12.4 Å². The van der Waals surface area contributed by atoms with E-state index in [1.165, 1.54) is 0 Å². The Kier molecular flexibility index (Phi) is 3.41. The summed E-state index contributed by atoms with van der Waals surface area (Å²) >= 11 is 0. The first-order valence-corrected chi connectivity index (χ1v) is 7.88. The molecule has 1 saturated heterocycles. The SMILES string of the molecule is O=C(O)Cn1nc([C@H]2CCOC2)nc1C1(Cn2cccn2)CC1. The van der Waals surface area contributed by atoms with E-state index in [-0.39, 0.29) is 17.9 Å². The topological polar surface area (TPSA) is 95.1 Å². The van der Waals surface area contributed by atoms with Gasteiger partial charge >= 0.3 is 5.97 Å². The van der Waals surface area contributed by atoms with Crippen LogP contribution in [0.4, 0.5) is 0 Å². The minimum atomic E-state index is -0.903. The monoisotopic (exact) mass is 317 g/mol. The fraction of sp³-hybridized carbons (Fsp3) is 0.600. The number of aliphatic carboxylic acids is 1. The Balaban J connectivity index is 1.66. The lowest BCUT2D eigenvalue weighted by atomic mass is 10.1. The second kappa shape index (κ2) is 5.45. The molecule has 122 valence electrons. The first kappa shape index (κ1) is 14.4. The van der Waals surface area contributed by atoms with Crippen molar-refractivity contribution in [2.24, 2.45) is 0 Å². The van der Waals surface area contributed by atoms with Gasteiger partial charge in [-0.25, -0.2) is 9.67 Å². The zero-order valence-corrected chi connectivity index (χ0v) is 12.8. The van der Waals surface area contributed by atoms with Gasteiger partial charge in [-0.15, -0.1) is 0 Å². The van der Waals surface area contributed by atoms with Crippen LogP contribution in [0.2, 0.25) is 0 Å². The van der Waals surface area contributed by atoms with E-state index in [1.807, 2.05) is 16.9 Å².